The lowest BCUT2D eigenvalue weighted by Crippen LogP contribution is -2.16. The van der Waals surface area contributed by atoms with Crippen molar-refractivity contribution in [1.29, 1.82) is 0 Å². The first-order chi connectivity index (χ1) is 11.7. The van der Waals surface area contributed by atoms with Gasteiger partial charge in [-0.3, -0.25) is 0 Å². The molecule has 3 aromatic rings. The van der Waals surface area contributed by atoms with Crippen LogP contribution in [0.25, 0.3) is 10.9 Å². The average Bonchev–Trinajstić information content (AvgIpc) is 3.10. The van der Waals surface area contributed by atoms with Gasteiger partial charge in [-0.1, -0.05) is 49.2 Å². The second-order valence-electron chi connectivity index (χ2n) is 6.41. The van der Waals surface area contributed by atoms with Gasteiger partial charge >= 0.3 is 5.63 Å². The smallest absolute Gasteiger partial charge is 0.349 e. The molecule has 4 rings (SSSR count). The van der Waals surface area contributed by atoms with Crippen LogP contribution < -0.4 is 5.63 Å². The molecule has 1 aliphatic rings. The number of aromatic nitrogens is 1. The molecule has 2 aromatic carbocycles. The summed E-state index contributed by atoms with van der Waals surface area (Å²) >= 11 is 0. The quantitative estimate of drug-likeness (QED) is 0.704. The van der Waals surface area contributed by atoms with Crippen molar-refractivity contribution in [2.45, 2.75) is 31.6 Å². The number of hydrogen-bond donors (Lipinski definition) is 0. The Bertz CT molecular complexity index is 914. The number of fused-ring (bicyclic) bond motifs is 1. The normalized spacial score (nSPS) is 16.5. The van der Waals surface area contributed by atoms with Crippen LogP contribution in [-0.4, -0.2) is 4.98 Å². The molecule has 1 heterocycles. The van der Waals surface area contributed by atoms with E-state index in [1.54, 1.807) is 12.1 Å². The third-order valence-electron chi connectivity index (χ3n) is 4.92. The predicted octanol–water partition coefficient (Wildman–Crippen LogP) is 4.65. The van der Waals surface area contributed by atoms with Crippen molar-refractivity contribution >= 4 is 10.9 Å². The van der Waals surface area contributed by atoms with Crippen LogP contribution in [0.1, 0.15) is 43.1 Å². The highest BCUT2D eigenvalue weighted by molar-refractivity contribution is 5.77. The lowest BCUT2D eigenvalue weighted by Gasteiger charge is -2.22. The highest BCUT2D eigenvalue weighted by Crippen LogP contribution is 2.40. The van der Waals surface area contributed by atoms with E-state index in [4.69, 9.17) is 4.42 Å². The van der Waals surface area contributed by atoms with Crippen LogP contribution >= 0.6 is 0 Å². The van der Waals surface area contributed by atoms with Gasteiger partial charge in [0.25, 0.3) is 0 Å². The van der Waals surface area contributed by atoms with E-state index in [2.05, 4.69) is 4.98 Å². The molecule has 0 spiro atoms. The fraction of sp³-hybridized carbons (Fsp3) is 0.300. The molecule has 4 heteroatoms. The van der Waals surface area contributed by atoms with Crippen molar-refractivity contribution < 1.29 is 8.81 Å². The molecular formula is C20H18FNO2. The summed E-state index contributed by atoms with van der Waals surface area (Å²) in [6.45, 7) is 0. The van der Waals surface area contributed by atoms with Crippen LogP contribution in [-0.2, 0) is 0 Å². The van der Waals surface area contributed by atoms with Gasteiger partial charge in [-0.05, 0) is 36.5 Å². The summed E-state index contributed by atoms with van der Waals surface area (Å²) < 4.78 is 19.4. The molecule has 1 aromatic heterocycles. The molecule has 1 fully saturated rings. The molecule has 0 radical (unpaired) electrons. The number of hydrogen-bond acceptors (Lipinski definition) is 3. The topological polar surface area (TPSA) is 43.1 Å². The molecule has 1 unspecified atom stereocenters. The zero-order chi connectivity index (χ0) is 16.5. The molecule has 1 aliphatic carbocycles. The summed E-state index contributed by atoms with van der Waals surface area (Å²) in [5.74, 6) is 0.150. The zero-order valence-corrected chi connectivity index (χ0v) is 13.2. The SMILES string of the molecule is O=c1oc(C(c2ccccc2)C2CCCC2)nc2cccc(F)c12. The van der Waals surface area contributed by atoms with Crippen molar-refractivity contribution in [2.24, 2.45) is 5.92 Å². The third kappa shape index (κ3) is 2.62. The van der Waals surface area contributed by atoms with Gasteiger partial charge in [0.15, 0.2) is 0 Å². The summed E-state index contributed by atoms with van der Waals surface area (Å²) in [6, 6.07) is 14.5. The van der Waals surface area contributed by atoms with E-state index in [-0.39, 0.29) is 11.3 Å². The number of rotatable bonds is 3. The summed E-state index contributed by atoms with van der Waals surface area (Å²) in [5, 5.41) is -0.0699. The van der Waals surface area contributed by atoms with E-state index in [9.17, 15) is 9.18 Å². The third-order valence-corrected chi connectivity index (χ3v) is 4.92. The highest BCUT2D eigenvalue weighted by atomic mass is 19.1. The van der Waals surface area contributed by atoms with Gasteiger partial charge in [-0.15, -0.1) is 0 Å². The van der Waals surface area contributed by atoms with E-state index in [0.29, 0.717) is 17.3 Å². The van der Waals surface area contributed by atoms with E-state index in [1.807, 2.05) is 30.3 Å². The first-order valence-corrected chi connectivity index (χ1v) is 8.38. The molecule has 0 amide bonds. The standard InChI is InChI=1S/C20H18FNO2/c21-15-11-6-12-16-18(15)20(23)24-19(22-16)17(14-9-4-5-10-14)13-7-2-1-3-8-13/h1-3,6-8,11-12,14,17H,4-5,9-10H2. The Morgan fingerprint density at radius 1 is 1.04 bits per heavy atom. The van der Waals surface area contributed by atoms with Gasteiger partial charge < -0.3 is 4.42 Å². The van der Waals surface area contributed by atoms with Crippen LogP contribution in [0.5, 0.6) is 0 Å². The molecule has 122 valence electrons. The Balaban J connectivity index is 1.89. The first-order valence-electron chi connectivity index (χ1n) is 8.38. The summed E-state index contributed by atoms with van der Waals surface area (Å²) in [7, 11) is 0. The Morgan fingerprint density at radius 3 is 2.54 bits per heavy atom. The minimum atomic E-state index is -0.646. The lowest BCUT2D eigenvalue weighted by molar-refractivity contribution is 0.360. The largest absolute Gasteiger partial charge is 0.407 e. The van der Waals surface area contributed by atoms with E-state index in [1.165, 1.54) is 18.9 Å². The van der Waals surface area contributed by atoms with E-state index < -0.39 is 11.4 Å². The van der Waals surface area contributed by atoms with Crippen molar-refractivity contribution in [3.8, 4) is 0 Å². The monoisotopic (exact) mass is 323 g/mol. The first kappa shape index (κ1) is 15.1. The van der Waals surface area contributed by atoms with Crippen molar-refractivity contribution in [3.05, 3.63) is 76.2 Å². The molecule has 3 nitrogen and oxygen atoms in total. The maximum absolute atomic E-state index is 13.9. The van der Waals surface area contributed by atoms with Gasteiger partial charge in [-0.2, -0.15) is 0 Å². The van der Waals surface area contributed by atoms with Crippen molar-refractivity contribution in [2.75, 3.05) is 0 Å². The van der Waals surface area contributed by atoms with E-state index in [0.717, 1.165) is 18.4 Å². The maximum Gasteiger partial charge on any atom is 0.349 e. The minimum Gasteiger partial charge on any atom is -0.407 e. The van der Waals surface area contributed by atoms with Gasteiger partial charge in [0.05, 0.1) is 11.4 Å². The molecule has 0 aliphatic heterocycles. The Hall–Kier alpha value is -2.49. The molecule has 0 bridgehead atoms. The fourth-order valence-electron chi connectivity index (χ4n) is 3.80. The number of halogens is 1. The average molecular weight is 323 g/mol. The number of nitrogens with zero attached hydrogens (tertiary/aromatic N) is 1. The van der Waals surface area contributed by atoms with Gasteiger partial charge in [0, 0.05) is 0 Å². The summed E-state index contributed by atoms with van der Waals surface area (Å²) in [5.41, 5.74) is 0.808. The fourth-order valence-corrected chi connectivity index (χ4v) is 3.80. The number of benzene rings is 2. The second kappa shape index (κ2) is 6.19. The Kier molecular flexibility index (Phi) is 3.89. The van der Waals surface area contributed by atoms with Gasteiger partial charge in [0.2, 0.25) is 5.89 Å². The molecule has 1 atom stereocenters. The summed E-state index contributed by atoms with van der Waals surface area (Å²) in [4.78, 5) is 16.8. The van der Waals surface area contributed by atoms with Gasteiger partial charge in [-0.25, -0.2) is 14.2 Å². The molecule has 1 saturated carbocycles. The molecule has 0 N–H and O–H groups in total. The Morgan fingerprint density at radius 2 is 1.79 bits per heavy atom. The van der Waals surface area contributed by atoms with Crippen LogP contribution in [0.4, 0.5) is 4.39 Å². The predicted molar refractivity (Wildman–Crippen MR) is 90.5 cm³/mol. The minimum absolute atomic E-state index is 0.0610. The summed E-state index contributed by atoms with van der Waals surface area (Å²) in [6.07, 6.45) is 4.54. The highest BCUT2D eigenvalue weighted by Gasteiger charge is 2.31. The van der Waals surface area contributed by atoms with Gasteiger partial charge in [0.1, 0.15) is 11.2 Å². The molecule has 24 heavy (non-hydrogen) atoms. The van der Waals surface area contributed by atoms with Crippen LogP contribution in [0.15, 0.2) is 57.7 Å². The maximum atomic E-state index is 13.9. The van der Waals surface area contributed by atoms with Crippen LogP contribution in [0.3, 0.4) is 0 Å². The van der Waals surface area contributed by atoms with Crippen molar-refractivity contribution in [1.82, 2.24) is 4.98 Å². The Labute approximate surface area is 139 Å². The lowest BCUT2D eigenvalue weighted by atomic mass is 9.84. The molecular weight excluding hydrogens is 305 g/mol. The van der Waals surface area contributed by atoms with Crippen molar-refractivity contribution in [3.63, 3.8) is 0 Å². The molecule has 0 saturated heterocycles. The van der Waals surface area contributed by atoms with Crippen LogP contribution in [0, 0.1) is 11.7 Å². The second-order valence-corrected chi connectivity index (χ2v) is 6.41. The van der Waals surface area contributed by atoms with E-state index >= 15 is 0 Å². The van der Waals surface area contributed by atoms with Crippen LogP contribution in [0.2, 0.25) is 0 Å². The zero-order valence-electron chi connectivity index (χ0n) is 13.2.